The van der Waals surface area contributed by atoms with Crippen LogP contribution in [0.4, 0.5) is 0 Å². The van der Waals surface area contributed by atoms with Gasteiger partial charge in [0.2, 0.25) is 5.91 Å². The molecular weight excluding hydrogens is 278 g/mol. The van der Waals surface area contributed by atoms with Gasteiger partial charge in [-0.2, -0.15) is 0 Å². The second kappa shape index (κ2) is 5.92. The Morgan fingerprint density at radius 1 is 1.45 bits per heavy atom. The molecule has 1 aromatic carbocycles. The third-order valence-corrected chi connectivity index (χ3v) is 4.48. The van der Waals surface area contributed by atoms with Crippen LogP contribution in [0.25, 0.3) is 0 Å². The lowest BCUT2D eigenvalue weighted by Gasteiger charge is -2.39. The summed E-state index contributed by atoms with van der Waals surface area (Å²) >= 11 is 0. The smallest absolute Gasteiger partial charge is 0.217 e. The van der Waals surface area contributed by atoms with Crippen molar-refractivity contribution in [3.63, 3.8) is 0 Å². The van der Waals surface area contributed by atoms with Crippen LogP contribution in [0.1, 0.15) is 74.9 Å². The maximum Gasteiger partial charge on any atom is 0.217 e. The van der Waals surface area contributed by atoms with E-state index >= 15 is 0 Å². The molecule has 1 aliphatic heterocycles. The van der Waals surface area contributed by atoms with Gasteiger partial charge >= 0.3 is 0 Å². The van der Waals surface area contributed by atoms with Gasteiger partial charge in [0.1, 0.15) is 11.4 Å². The first kappa shape index (κ1) is 16.8. The molecule has 1 amide bonds. The molecule has 122 valence electrons. The monoisotopic (exact) mass is 305 g/mol. The van der Waals surface area contributed by atoms with E-state index in [1.165, 1.54) is 6.92 Å². The highest BCUT2D eigenvalue weighted by Crippen LogP contribution is 2.44. The zero-order valence-corrected chi connectivity index (χ0v) is 14.4. The van der Waals surface area contributed by atoms with Crippen LogP contribution >= 0.6 is 0 Å². The molecule has 0 saturated carbocycles. The number of aliphatic hydroxyl groups excluding tert-OH is 1. The highest BCUT2D eigenvalue weighted by atomic mass is 16.5. The van der Waals surface area contributed by atoms with Gasteiger partial charge in [-0.05, 0) is 56.9 Å². The Bertz CT molecular complexity index is 592. The van der Waals surface area contributed by atoms with Gasteiger partial charge in [0.15, 0.2) is 0 Å². The number of benzene rings is 1. The van der Waals surface area contributed by atoms with Crippen LogP contribution in [0.3, 0.4) is 0 Å². The highest BCUT2D eigenvalue weighted by molar-refractivity contribution is 5.74. The molecule has 0 radical (unpaired) electrons. The molecule has 2 atom stereocenters. The first-order chi connectivity index (χ1) is 10.2. The van der Waals surface area contributed by atoms with Gasteiger partial charge in [0, 0.05) is 18.9 Å². The van der Waals surface area contributed by atoms with Gasteiger partial charge in [-0.3, -0.25) is 4.79 Å². The molecule has 4 nitrogen and oxygen atoms in total. The fourth-order valence-electron chi connectivity index (χ4n) is 3.20. The Balaban J connectivity index is 2.60. The Morgan fingerprint density at radius 2 is 2.09 bits per heavy atom. The van der Waals surface area contributed by atoms with E-state index in [1.807, 2.05) is 40.7 Å². The molecule has 1 heterocycles. The third kappa shape index (κ3) is 3.12. The zero-order chi connectivity index (χ0) is 16.7. The van der Waals surface area contributed by atoms with Crippen LogP contribution < -0.4 is 10.1 Å². The number of ether oxygens (including phenoxy) is 1. The average Bonchev–Trinajstić information content (AvgIpc) is 2.41. The number of nitrogens with one attached hydrogen (secondary N) is 1. The van der Waals surface area contributed by atoms with E-state index in [9.17, 15) is 9.90 Å². The van der Waals surface area contributed by atoms with Crippen LogP contribution in [0.5, 0.6) is 5.75 Å². The molecule has 1 aromatic rings. The van der Waals surface area contributed by atoms with Crippen LogP contribution in [-0.2, 0) is 4.79 Å². The minimum atomic E-state index is -0.489. The highest BCUT2D eigenvalue weighted by Gasteiger charge is 2.36. The first-order valence-electron chi connectivity index (χ1n) is 7.94. The summed E-state index contributed by atoms with van der Waals surface area (Å²) in [5.41, 5.74) is 3.68. The van der Waals surface area contributed by atoms with E-state index in [4.69, 9.17) is 4.74 Å². The van der Waals surface area contributed by atoms with Crippen molar-refractivity contribution in [3.8, 4) is 5.75 Å². The molecule has 0 fully saturated rings. The lowest BCUT2D eigenvalue weighted by atomic mass is 9.84. The van der Waals surface area contributed by atoms with Crippen LogP contribution in [-0.4, -0.2) is 16.6 Å². The van der Waals surface area contributed by atoms with Crippen molar-refractivity contribution in [1.29, 1.82) is 0 Å². The molecule has 0 aromatic heterocycles. The maximum absolute atomic E-state index is 11.6. The van der Waals surface area contributed by atoms with Crippen molar-refractivity contribution < 1.29 is 14.6 Å². The van der Waals surface area contributed by atoms with E-state index in [2.05, 4.69) is 5.32 Å². The zero-order valence-electron chi connectivity index (χ0n) is 14.4. The number of hydrogen-bond acceptors (Lipinski definition) is 3. The lowest BCUT2D eigenvalue weighted by molar-refractivity contribution is -0.120. The summed E-state index contributed by atoms with van der Waals surface area (Å²) in [6, 6.07) is 1.92. The molecule has 0 spiro atoms. The molecule has 0 bridgehead atoms. The van der Waals surface area contributed by atoms with Crippen molar-refractivity contribution in [2.75, 3.05) is 0 Å². The van der Waals surface area contributed by atoms with Crippen molar-refractivity contribution in [2.45, 2.75) is 72.1 Å². The molecular formula is C18H27NO3. The largest absolute Gasteiger partial charge is 0.487 e. The third-order valence-electron chi connectivity index (χ3n) is 4.48. The Kier molecular flexibility index (Phi) is 4.52. The van der Waals surface area contributed by atoms with Crippen molar-refractivity contribution >= 4 is 5.91 Å². The van der Waals surface area contributed by atoms with E-state index in [0.29, 0.717) is 12.8 Å². The second-order valence-electron chi connectivity index (χ2n) is 6.88. The quantitative estimate of drug-likeness (QED) is 0.899. The maximum atomic E-state index is 11.6. The predicted octanol–water partition coefficient (Wildman–Crippen LogP) is 3.49. The topological polar surface area (TPSA) is 58.6 Å². The van der Waals surface area contributed by atoms with Gasteiger partial charge in [-0.1, -0.05) is 6.92 Å². The minimum absolute atomic E-state index is 0.0514. The van der Waals surface area contributed by atoms with Gasteiger partial charge in [0.25, 0.3) is 0 Å². The molecule has 0 aliphatic carbocycles. The summed E-state index contributed by atoms with van der Waals surface area (Å²) in [7, 11) is 0. The van der Waals surface area contributed by atoms with Crippen molar-refractivity contribution in [2.24, 2.45) is 0 Å². The van der Waals surface area contributed by atoms with Crippen molar-refractivity contribution in [3.05, 3.63) is 28.3 Å². The summed E-state index contributed by atoms with van der Waals surface area (Å²) in [6.07, 6.45) is 0.886. The predicted molar refractivity (Wildman–Crippen MR) is 87.0 cm³/mol. The summed E-state index contributed by atoms with van der Waals surface area (Å²) in [4.78, 5) is 11.6. The molecule has 2 rings (SSSR count). The van der Waals surface area contributed by atoms with E-state index in [-0.39, 0.29) is 17.6 Å². The normalized spacial score (nSPS) is 20.8. The van der Waals surface area contributed by atoms with Crippen molar-refractivity contribution in [1.82, 2.24) is 5.32 Å². The van der Waals surface area contributed by atoms with Crippen LogP contribution in [0, 0.1) is 13.8 Å². The molecule has 22 heavy (non-hydrogen) atoms. The van der Waals surface area contributed by atoms with Crippen LogP contribution in [0.2, 0.25) is 0 Å². The van der Waals surface area contributed by atoms with E-state index < -0.39 is 6.10 Å². The number of hydrogen-bond donors (Lipinski definition) is 2. The average molecular weight is 305 g/mol. The Hall–Kier alpha value is -1.55. The fraction of sp³-hybridized carbons (Fsp3) is 0.611. The molecule has 2 N–H and O–H groups in total. The number of carbonyl (C=O) groups is 1. The Morgan fingerprint density at radius 3 is 2.64 bits per heavy atom. The van der Waals surface area contributed by atoms with Gasteiger partial charge in [-0.25, -0.2) is 0 Å². The molecule has 0 saturated heterocycles. The summed E-state index contributed by atoms with van der Waals surface area (Å²) in [6.45, 7) is 11.6. The summed E-state index contributed by atoms with van der Waals surface area (Å²) < 4.78 is 6.18. The number of fused-ring (bicyclic) bond motifs is 1. The summed E-state index contributed by atoms with van der Waals surface area (Å²) in [5, 5.41) is 13.3. The number of carbonyl (C=O) groups excluding carboxylic acids is 1. The summed E-state index contributed by atoms with van der Waals surface area (Å²) in [5.74, 6) is 0.795. The number of rotatable bonds is 3. The van der Waals surface area contributed by atoms with Gasteiger partial charge in [0.05, 0.1) is 12.1 Å². The molecule has 2 unspecified atom stereocenters. The fourth-order valence-corrected chi connectivity index (χ4v) is 3.20. The SMILES string of the molecule is CCC(O)c1cc2c(c(C)c1C)OC(C)(C)CC2NC(C)=O. The number of aliphatic hydroxyl groups is 1. The minimum Gasteiger partial charge on any atom is -0.487 e. The van der Waals surface area contributed by atoms with E-state index in [1.54, 1.807) is 0 Å². The lowest BCUT2D eigenvalue weighted by Crippen LogP contribution is -2.41. The second-order valence-corrected chi connectivity index (χ2v) is 6.88. The molecule has 1 aliphatic rings. The van der Waals surface area contributed by atoms with E-state index in [0.717, 1.165) is 28.0 Å². The van der Waals surface area contributed by atoms with Gasteiger partial charge in [-0.15, -0.1) is 0 Å². The standard InChI is InChI=1S/C18H27NO3/c1-7-16(21)13-8-14-15(19-12(4)20)9-18(5,6)22-17(14)11(3)10(13)2/h8,15-16,21H,7,9H2,1-6H3,(H,19,20). The Labute approximate surface area is 132 Å². The first-order valence-corrected chi connectivity index (χ1v) is 7.94. The number of amides is 1. The van der Waals surface area contributed by atoms with Crippen LogP contribution in [0.15, 0.2) is 6.07 Å². The van der Waals surface area contributed by atoms with Gasteiger partial charge < -0.3 is 15.2 Å². The molecule has 4 heteroatoms.